The number of allylic oxidation sites excluding steroid dienone is 1. The molecule has 1 aromatic carbocycles. The predicted molar refractivity (Wildman–Crippen MR) is 119 cm³/mol. The first kappa shape index (κ1) is 22.5. The van der Waals surface area contributed by atoms with Crippen LogP contribution < -0.4 is 5.32 Å². The van der Waals surface area contributed by atoms with Gasteiger partial charge in [-0.3, -0.25) is 0 Å². The first-order valence-electron chi connectivity index (χ1n) is 11.1. The Bertz CT molecular complexity index is 1050. The largest absolute Gasteiger partial charge is 0.462 e. The van der Waals surface area contributed by atoms with E-state index < -0.39 is 10.0 Å². The number of benzene rings is 1. The summed E-state index contributed by atoms with van der Waals surface area (Å²) in [6.45, 7) is 3.07. The lowest BCUT2D eigenvalue weighted by Gasteiger charge is -2.34. The topological polar surface area (TPSA) is 96.0 Å². The van der Waals surface area contributed by atoms with Crippen LogP contribution >= 0.6 is 0 Å². The third kappa shape index (κ3) is 4.45. The van der Waals surface area contributed by atoms with Crippen LogP contribution in [0.5, 0.6) is 0 Å². The van der Waals surface area contributed by atoms with Gasteiger partial charge < -0.3 is 15.0 Å². The molecule has 3 aliphatic rings. The normalized spacial score (nSPS) is 19.7. The second-order valence-electron chi connectivity index (χ2n) is 8.17. The van der Waals surface area contributed by atoms with Crippen LogP contribution in [0.2, 0.25) is 0 Å². The van der Waals surface area contributed by atoms with Gasteiger partial charge in [0.25, 0.3) is 0 Å². The van der Waals surface area contributed by atoms with Crippen molar-refractivity contribution < 1.29 is 22.7 Å². The highest BCUT2D eigenvalue weighted by molar-refractivity contribution is 7.89. The molecule has 1 aliphatic heterocycles. The molecule has 2 aliphatic carbocycles. The minimum atomic E-state index is -3.58. The number of ether oxygens (including phenoxy) is 1. The number of rotatable bonds is 5. The van der Waals surface area contributed by atoms with Crippen molar-refractivity contribution >= 4 is 22.0 Å². The maximum absolute atomic E-state index is 13.0. The molecule has 1 fully saturated rings. The van der Waals surface area contributed by atoms with Crippen LogP contribution in [0.1, 0.15) is 39.0 Å². The predicted octanol–water partition coefficient (Wildman–Crippen LogP) is 2.79. The number of amides is 2. The van der Waals surface area contributed by atoms with Crippen LogP contribution in [-0.4, -0.2) is 62.4 Å². The highest BCUT2D eigenvalue weighted by Gasteiger charge is 2.34. The van der Waals surface area contributed by atoms with E-state index in [9.17, 15) is 18.0 Å². The van der Waals surface area contributed by atoms with Crippen LogP contribution in [0.25, 0.3) is 0 Å². The van der Waals surface area contributed by atoms with Gasteiger partial charge in [0.15, 0.2) is 0 Å². The van der Waals surface area contributed by atoms with E-state index in [1.165, 1.54) is 9.88 Å². The maximum Gasteiger partial charge on any atom is 0.340 e. The van der Waals surface area contributed by atoms with E-state index in [0.717, 1.165) is 31.3 Å². The summed E-state index contributed by atoms with van der Waals surface area (Å²) in [6.07, 6.45) is 4.46. The van der Waals surface area contributed by atoms with Crippen molar-refractivity contribution in [2.75, 3.05) is 32.8 Å². The van der Waals surface area contributed by atoms with Crippen LogP contribution in [-0.2, 0) is 19.6 Å². The fourth-order valence-corrected chi connectivity index (χ4v) is 6.03. The molecule has 0 bridgehead atoms. The standard InChI is InChI=1S/C23H29N3O5S/c1-2-31-22(27)21-19-11-7-6-8-17(19)16-20(21)24-23(28)25-12-14-26(15-13-25)32(29,30)18-9-4-3-5-10-18/h3-5,9-10H,2,6-8,11-16H2,1H3,(H,24,28). The molecule has 0 saturated carbocycles. The van der Waals surface area contributed by atoms with Crippen molar-refractivity contribution in [3.05, 3.63) is 52.7 Å². The summed E-state index contributed by atoms with van der Waals surface area (Å²) < 4.78 is 32.3. The summed E-state index contributed by atoms with van der Waals surface area (Å²) in [4.78, 5) is 27.4. The fourth-order valence-electron chi connectivity index (χ4n) is 4.59. The number of piperazine rings is 1. The van der Waals surface area contributed by atoms with Crippen LogP contribution in [0.3, 0.4) is 0 Å². The molecular weight excluding hydrogens is 430 g/mol. The fraction of sp³-hybridized carbons (Fsp3) is 0.478. The number of hydrogen-bond acceptors (Lipinski definition) is 5. The summed E-state index contributed by atoms with van der Waals surface area (Å²) in [5, 5.41) is 2.94. The average Bonchev–Trinajstić information content (AvgIpc) is 3.17. The summed E-state index contributed by atoms with van der Waals surface area (Å²) in [5.41, 5.74) is 3.37. The van der Waals surface area contributed by atoms with Gasteiger partial charge in [-0.1, -0.05) is 23.8 Å². The van der Waals surface area contributed by atoms with Gasteiger partial charge in [0.2, 0.25) is 10.0 Å². The Balaban J connectivity index is 1.42. The van der Waals surface area contributed by atoms with E-state index >= 15 is 0 Å². The SMILES string of the molecule is CCOC(=O)C1=C(NC(=O)N2CCN(S(=O)(=O)c3ccccc3)CC2)CC2=C1CCCC2. The molecule has 9 heteroatoms. The third-order valence-electron chi connectivity index (χ3n) is 6.22. The summed E-state index contributed by atoms with van der Waals surface area (Å²) in [7, 11) is -3.58. The van der Waals surface area contributed by atoms with Crippen molar-refractivity contribution in [3.63, 3.8) is 0 Å². The van der Waals surface area contributed by atoms with Gasteiger partial charge in [0.1, 0.15) is 0 Å². The number of sulfonamides is 1. The van der Waals surface area contributed by atoms with Crippen LogP contribution in [0, 0.1) is 0 Å². The Morgan fingerprint density at radius 1 is 1.03 bits per heavy atom. The second-order valence-corrected chi connectivity index (χ2v) is 10.1. The molecule has 1 saturated heterocycles. The van der Waals surface area contributed by atoms with Gasteiger partial charge in [-0.2, -0.15) is 4.31 Å². The zero-order valence-corrected chi connectivity index (χ0v) is 19.1. The number of carbonyl (C=O) groups excluding carboxylic acids is 2. The molecule has 0 atom stereocenters. The molecule has 0 spiro atoms. The van der Waals surface area contributed by atoms with Gasteiger partial charge >= 0.3 is 12.0 Å². The monoisotopic (exact) mass is 459 g/mol. The van der Waals surface area contributed by atoms with E-state index in [1.54, 1.807) is 42.2 Å². The number of esters is 1. The molecule has 4 rings (SSSR count). The number of hydrogen-bond donors (Lipinski definition) is 1. The van der Waals surface area contributed by atoms with E-state index in [-0.39, 0.29) is 49.7 Å². The Labute approximate surface area is 189 Å². The van der Waals surface area contributed by atoms with Gasteiger partial charge in [0, 0.05) is 38.3 Å². The quantitative estimate of drug-likeness (QED) is 0.683. The zero-order chi connectivity index (χ0) is 22.7. The summed E-state index contributed by atoms with van der Waals surface area (Å²) in [6, 6.07) is 8.01. The van der Waals surface area contributed by atoms with E-state index in [2.05, 4.69) is 5.32 Å². The van der Waals surface area contributed by atoms with Crippen molar-refractivity contribution in [1.82, 2.24) is 14.5 Å². The maximum atomic E-state index is 13.0. The van der Waals surface area contributed by atoms with Crippen molar-refractivity contribution in [2.24, 2.45) is 0 Å². The average molecular weight is 460 g/mol. The van der Waals surface area contributed by atoms with Gasteiger partial charge in [-0.15, -0.1) is 0 Å². The Morgan fingerprint density at radius 3 is 2.41 bits per heavy atom. The minimum Gasteiger partial charge on any atom is -0.462 e. The molecule has 2 amide bonds. The van der Waals surface area contributed by atoms with Crippen LogP contribution in [0.15, 0.2) is 57.6 Å². The van der Waals surface area contributed by atoms with Gasteiger partial charge in [-0.25, -0.2) is 18.0 Å². The molecule has 0 unspecified atom stereocenters. The van der Waals surface area contributed by atoms with Gasteiger partial charge in [-0.05, 0) is 50.3 Å². The highest BCUT2D eigenvalue weighted by Crippen LogP contribution is 2.40. The number of carbonyl (C=O) groups is 2. The lowest BCUT2D eigenvalue weighted by atomic mass is 9.91. The van der Waals surface area contributed by atoms with Crippen molar-refractivity contribution in [1.29, 1.82) is 0 Å². The summed E-state index contributed by atoms with van der Waals surface area (Å²) >= 11 is 0. The second kappa shape index (κ2) is 9.46. The molecule has 1 N–H and O–H groups in total. The van der Waals surface area contributed by atoms with Crippen molar-refractivity contribution in [2.45, 2.75) is 43.9 Å². The third-order valence-corrected chi connectivity index (χ3v) is 8.13. The smallest absolute Gasteiger partial charge is 0.340 e. The molecule has 1 heterocycles. The van der Waals surface area contributed by atoms with E-state index in [4.69, 9.17) is 4.74 Å². The molecule has 8 nitrogen and oxygen atoms in total. The Morgan fingerprint density at radius 2 is 1.72 bits per heavy atom. The molecule has 1 aromatic rings. The molecular formula is C23H29N3O5S. The van der Waals surface area contributed by atoms with Gasteiger partial charge in [0.05, 0.1) is 17.1 Å². The first-order chi connectivity index (χ1) is 15.4. The molecule has 32 heavy (non-hydrogen) atoms. The van der Waals surface area contributed by atoms with Crippen molar-refractivity contribution in [3.8, 4) is 0 Å². The van der Waals surface area contributed by atoms with E-state index in [0.29, 0.717) is 17.7 Å². The van der Waals surface area contributed by atoms with E-state index in [1.807, 2.05) is 0 Å². The number of urea groups is 1. The summed E-state index contributed by atoms with van der Waals surface area (Å²) in [5.74, 6) is -0.381. The minimum absolute atomic E-state index is 0.225. The Hall–Kier alpha value is -2.65. The highest BCUT2D eigenvalue weighted by atomic mass is 32.2. The lowest BCUT2D eigenvalue weighted by molar-refractivity contribution is -0.138. The van der Waals surface area contributed by atoms with Crippen LogP contribution in [0.4, 0.5) is 4.79 Å². The molecule has 172 valence electrons. The number of nitrogens with one attached hydrogen (secondary N) is 1. The lowest BCUT2D eigenvalue weighted by Crippen LogP contribution is -2.53. The Kier molecular flexibility index (Phi) is 6.66. The first-order valence-corrected chi connectivity index (χ1v) is 12.6. The zero-order valence-electron chi connectivity index (χ0n) is 18.3. The number of nitrogens with zero attached hydrogens (tertiary/aromatic N) is 2. The molecule has 0 radical (unpaired) electrons. The molecule has 0 aromatic heterocycles.